The van der Waals surface area contributed by atoms with Crippen molar-refractivity contribution < 1.29 is 17.9 Å². The Balaban J connectivity index is 2.81. The maximum absolute atomic E-state index is 12.3. The van der Waals surface area contributed by atoms with Crippen molar-refractivity contribution >= 4 is 10.0 Å². The molecule has 0 aromatic carbocycles. The van der Waals surface area contributed by atoms with Gasteiger partial charge in [-0.15, -0.1) is 0 Å². The minimum Gasteiger partial charge on any atom is -0.377 e. The van der Waals surface area contributed by atoms with Crippen molar-refractivity contribution in [2.24, 2.45) is 5.73 Å². The third-order valence-electron chi connectivity index (χ3n) is 3.29. The molecule has 0 radical (unpaired) electrons. The van der Waals surface area contributed by atoms with Gasteiger partial charge in [-0.1, -0.05) is 6.92 Å². The van der Waals surface area contributed by atoms with Crippen molar-refractivity contribution in [1.82, 2.24) is 4.31 Å². The summed E-state index contributed by atoms with van der Waals surface area (Å²) in [7, 11) is -0.214. The van der Waals surface area contributed by atoms with Crippen molar-refractivity contribution in [2.75, 3.05) is 33.9 Å². The molecule has 6 nitrogen and oxygen atoms in total. The number of hydrogen-bond donors (Lipinski definition) is 1. The van der Waals surface area contributed by atoms with Gasteiger partial charge in [0.2, 0.25) is 10.0 Å². The molecule has 1 aliphatic heterocycles. The van der Waals surface area contributed by atoms with Crippen LogP contribution in [-0.4, -0.2) is 64.0 Å². The lowest BCUT2D eigenvalue weighted by atomic mass is 10.3. The molecule has 0 saturated carbocycles. The minimum absolute atomic E-state index is 0.143. The molecule has 0 aromatic heterocycles. The van der Waals surface area contributed by atoms with Crippen molar-refractivity contribution in [3.63, 3.8) is 0 Å². The molecule has 1 aliphatic rings. The quantitative estimate of drug-likeness (QED) is 0.694. The number of methoxy groups -OCH3 is 2. The molecule has 3 atom stereocenters. The fraction of sp³-hybridized carbons (Fsp3) is 1.00. The van der Waals surface area contributed by atoms with E-state index in [1.165, 1.54) is 4.31 Å². The Labute approximate surface area is 103 Å². The molecule has 3 unspecified atom stereocenters. The molecular weight excluding hydrogens is 244 g/mol. The lowest BCUT2D eigenvalue weighted by molar-refractivity contribution is -0.00461. The van der Waals surface area contributed by atoms with Crippen LogP contribution < -0.4 is 5.73 Å². The second-order valence-electron chi connectivity index (χ2n) is 4.18. The van der Waals surface area contributed by atoms with Crippen LogP contribution in [0.1, 0.15) is 13.3 Å². The first-order valence-corrected chi connectivity index (χ1v) is 7.26. The molecule has 102 valence electrons. The number of sulfonamides is 1. The fourth-order valence-corrected chi connectivity index (χ4v) is 3.88. The number of nitrogens with two attached hydrogens (primary N) is 1. The minimum atomic E-state index is -3.34. The summed E-state index contributed by atoms with van der Waals surface area (Å²) in [5.74, 6) is 0. The van der Waals surface area contributed by atoms with Gasteiger partial charge in [0.15, 0.2) is 0 Å². The molecule has 1 fully saturated rings. The van der Waals surface area contributed by atoms with E-state index in [0.717, 1.165) is 0 Å². The molecule has 17 heavy (non-hydrogen) atoms. The summed E-state index contributed by atoms with van der Waals surface area (Å²) in [4.78, 5) is 0. The van der Waals surface area contributed by atoms with Gasteiger partial charge < -0.3 is 15.2 Å². The predicted octanol–water partition coefficient (Wildman–Crippen LogP) is -0.601. The smallest absolute Gasteiger partial charge is 0.218 e. The number of ether oxygens (including phenoxy) is 2. The summed E-state index contributed by atoms with van der Waals surface area (Å²) in [6, 6.07) is 0. The lowest BCUT2D eigenvalue weighted by Crippen LogP contribution is -2.41. The molecule has 2 N–H and O–H groups in total. The average molecular weight is 266 g/mol. The molecule has 1 saturated heterocycles. The maximum Gasteiger partial charge on any atom is 0.218 e. The van der Waals surface area contributed by atoms with Gasteiger partial charge in [0.1, 0.15) is 0 Å². The van der Waals surface area contributed by atoms with Crippen LogP contribution in [0.15, 0.2) is 0 Å². The molecule has 0 aromatic rings. The fourth-order valence-electron chi connectivity index (χ4n) is 2.08. The zero-order chi connectivity index (χ0) is 13.1. The Morgan fingerprint density at radius 3 is 2.06 bits per heavy atom. The number of rotatable bonds is 6. The van der Waals surface area contributed by atoms with Crippen LogP contribution in [0, 0.1) is 0 Å². The first-order chi connectivity index (χ1) is 8.01. The number of nitrogens with zero attached hydrogens (tertiary/aromatic N) is 1. The zero-order valence-corrected chi connectivity index (χ0v) is 11.4. The van der Waals surface area contributed by atoms with Gasteiger partial charge in [-0.2, -0.15) is 4.31 Å². The maximum atomic E-state index is 12.3. The van der Waals surface area contributed by atoms with E-state index in [-0.39, 0.29) is 18.8 Å². The summed E-state index contributed by atoms with van der Waals surface area (Å²) < 4.78 is 36.4. The van der Waals surface area contributed by atoms with E-state index < -0.39 is 15.3 Å². The molecular formula is C10H22N2O4S. The van der Waals surface area contributed by atoms with E-state index in [2.05, 4.69) is 0 Å². The third-order valence-corrected chi connectivity index (χ3v) is 5.67. The van der Waals surface area contributed by atoms with Crippen molar-refractivity contribution in [3.05, 3.63) is 0 Å². The monoisotopic (exact) mass is 266 g/mol. The largest absolute Gasteiger partial charge is 0.377 e. The third kappa shape index (κ3) is 2.97. The average Bonchev–Trinajstić information content (AvgIpc) is 2.73. The highest BCUT2D eigenvalue weighted by Crippen LogP contribution is 2.22. The molecule has 0 amide bonds. The van der Waals surface area contributed by atoms with Crippen LogP contribution in [0.4, 0.5) is 0 Å². The second kappa shape index (κ2) is 6.10. The van der Waals surface area contributed by atoms with E-state index in [1.807, 2.05) is 6.92 Å². The number of hydrogen-bond acceptors (Lipinski definition) is 5. The summed E-state index contributed by atoms with van der Waals surface area (Å²) in [5.41, 5.74) is 5.50. The van der Waals surface area contributed by atoms with E-state index in [0.29, 0.717) is 19.5 Å². The van der Waals surface area contributed by atoms with Gasteiger partial charge in [0.05, 0.1) is 17.5 Å². The van der Waals surface area contributed by atoms with Crippen LogP contribution in [0.3, 0.4) is 0 Å². The predicted molar refractivity (Wildman–Crippen MR) is 65.2 cm³/mol. The standard InChI is InChI=1S/C10H22N2O4S/c1-4-8(5-11)17(13,14)12-6-9(15-2)10(7-12)16-3/h8-10H,4-7,11H2,1-3H3. The topological polar surface area (TPSA) is 81.9 Å². The summed E-state index contributed by atoms with van der Waals surface area (Å²) in [5, 5.41) is -0.518. The van der Waals surface area contributed by atoms with Crippen LogP contribution in [0.25, 0.3) is 0 Å². The SMILES string of the molecule is CCC(CN)S(=O)(=O)N1CC(OC)C(OC)C1. The molecule has 0 aliphatic carbocycles. The second-order valence-corrected chi connectivity index (χ2v) is 6.39. The van der Waals surface area contributed by atoms with Crippen LogP contribution >= 0.6 is 0 Å². The van der Waals surface area contributed by atoms with E-state index >= 15 is 0 Å². The van der Waals surface area contributed by atoms with Gasteiger partial charge in [-0.25, -0.2) is 8.42 Å². The molecule has 0 bridgehead atoms. The van der Waals surface area contributed by atoms with Crippen LogP contribution in [0.5, 0.6) is 0 Å². The van der Waals surface area contributed by atoms with Gasteiger partial charge >= 0.3 is 0 Å². The van der Waals surface area contributed by atoms with E-state index in [9.17, 15) is 8.42 Å². The van der Waals surface area contributed by atoms with Gasteiger partial charge in [-0.05, 0) is 6.42 Å². The first-order valence-electron chi connectivity index (χ1n) is 5.75. The normalized spacial score (nSPS) is 28.5. The molecule has 1 rings (SSSR count). The van der Waals surface area contributed by atoms with Gasteiger partial charge in [0, 0.05) is 33.9 Å². The van der Waals surface area contributed by atoms with Crippen LogP contribution in [-0.2, 0) is 19.5 Å². The summed E-state index contributed by atoms with van der Waals surface area (Å²) in [6.45, 7) is 2.65. The van der Waals surface area contributed by atoms with Crippen molar-refractivity contribution in [3.8, 4) is 0 Å². The zero-order valence-electron chi connectivity index (χ0n) is 10.6. The molecule has 1 heterocycles. The molecule has 0 spiro atoms. The van der Waals surface area contributed by atoms with Gasteiger partial charge in [0.25, 0.3) is 0 Å². The highest BCUT2D eigenvalue weighted by molar-refractivity contribution is 7.89. The Bertz CT molecular complexity index is 317. The molecule has 7 heteroatoms. The Morgan fingerprint density at radius 2 is 1.76 bits per heavy atom. The van der Waals surface area contributed by atoms with E-state index in [1.54, 1.807) is 14.2 Å². The van der Waals surface area contributed by atoms with Crippen molar-refractivity contribution in [1.29, 1.82) is 0 Å². The Kier molecular flexibility index (Phi) is 5.33. The Morgan fingerprint density at radius 1 is 1.29 bits per heavy atom. The van der Waals surface area contributed by atoms with Crippen LogP contribution in [0.2, 0.25) is 0 Å². The van der Waals surface area contributed by atoms with E-state index in [4.69, 9.17) is 15.2 Å². The highest BCUT2D eigenvalue weighted by Gasteiger charge is 2.41. The summed E-state index contributed by atoms with van der Waals surface area (Å²) in [6.07, 6.45) is 0.111. The Hall–Kier alpha value is -0.210. The van der Waals surface area contributed by atoms with Gasteiger partial charge in [-0.3, -0.25) is 0 Å². The highest BCUT2D eigenvalue weighted by atomic mass is 32.2. The first kappa shape index (κ1) is 14.8. The lowest BCUT2D eigenvalue weighted by Gasteiger charge is -2.21. The van der Waals surface area contributed by atoms with Crippen molar-refractivity contribution in [2.45, 2.75) is 30.8 Å². The summed E-state index contributed by atoms with van der Waals surface area (Å²) >= 11 is 0.